The number of fused-ring (bicyclic) bond motifs is 1. The molecule has 0 radical (unpaired) electrons. The average Bonchev–Trinajstić information content (AvgIpc) is 3.07. The minimum absolute atomic E-state index is 0.121. The summed E-state index contributed by atoms with van der Waals surface area (Å²) in [5.74, 6) is 1.41. The van der Waals surface area contributed by atoms with Crippen LogP contribution in [0, 0.1) is 17.0 Å². The molecule has 1 aliphatic heterocycles. The van der Waals surface area contributed by atoms with Crippen LogP contribution in [0.4, 0.5) is 11.5 Å². The highest BCUT2D eigenvalue weighted by Crippen LogP contribution is 2.26. The number of nitro groups is 1. The summed E-state index contributed by atoms with van der Waals surface area (Å²) in [7, 11) is 0. The summed E-state index contributed by atoms with van der Waals surface area (Å²) in [5, 5.41) is 23.8. The van der Waals surface area contributed by atoms with E-state index in [9.17, 15) is 10.1 Å². The Labute approximate surface area is 143 Å². The molecule has 25 heavy (non-hydrogen) atoms. The van der Waals surface area contributed by atoms with Crippen LogP contribution in [0.1, 0.15) is 16.8 Å². The molecule has 0 bridgehead atoms. The van der Waals surface area contributed by atoms with Crippen LogP contribution in [0.3, 0.4) is 0 Å². The standard InChI is InChI=1S/C17H16N6O2/c1-12-6-9-22(20-12)17-5-4-16(18-19-17)21-8-7-13-2-3-15(23(24)25)10-14(13)11-21/h2-6,9-10H,7-8,11H2,1H3. The SMILES string of the molecule is Cc1ccn(-c2ccc(N3CCc4ccc([N+](=O)[O-])cc4C3)nn2)n1. The number of nitrogens with zero attached hydrogens (tertiary/aromatic N) is 6. The van der Waals surface area contributed by atoms with E-state index in [1.165, 1.54) is 0 Å². The second kappa shape index (κ2) is 5.97. The molecule has 0 N–H and O–H groups in total. The number of hydrogen-bond donors (Lipinski definition) is 0. The molecule has 3 heterocycles. The highest BCUT2D eigenvalue weighted by molar-refractivity contribution is 5.48. The zero-order valence-corrected chi connectivity index (χ0v) is 13.7. The van der Waals surface area contributed by atoms with E-state index in [1.54, 1.807) is 16.8 Å². The molecule has 2 aromatic heterocycles. The van der Waals surface area contributed by atoms with E-state index in [-0.39, 0.29) is 10.6 Å². The molecular formula is C17H16N6O2. The normalized spacial score (nSPS) is 13.6. The Morgan fingerprint density at radius 3 is 2.56 bits per heavy atom. The van der Waals surface area contributed by atoms with Gasteiger partial charge in [-0.2, -0.15) is 5.10 Å². The van der Waals surface area contributed by atoms with Crippen molar-refractivity contribution in [3.05, 3.63) is 69.5 Å². The van der Waals surface area contributed by atoms with Gasteiger partial charge in [0, 0.05) is 31.4 Å². The average molecular weight is 336 g/mol. The van der Waals surface area contributed by atoms with Crippen LogP contribution in [0.25, 0.3) is 5.82 Å². The Hall–Kier alpha value is -3.29. The number of anilines is 1. The lowest BCUT2D eigenvalue weighted by molar-refractivity contribution is -0.384. The van der Waals surface area contributed by atoms with Gasteiger partial charge in [-0.1, -0.05) is 6.07 Å². The Kier molecular flexibility index (Phi) is 3.64. The Morgan fingerprint density at radius 1 is 1.08 bits per heavy atom. The van der Waals surface area contributed by atoms with Gasteiger partial charge in [0.05, 0.1) is 10.6 Å². The van der Waals surface area contributed by atoms with E-state index in [0.29, 0.717) is 12.4 Å². The molecule has 0 spiro atoms. The van der Waals surface area contributed by atoms with E-state index in [0.717, 1.165) is 35.6 Å². The third kappa shape index (κ3) is 2.93. The van der Waals surface area contributed by atoms with Gasteiger partial charge in [-0.05, 0) is 42.7 Å². The maximum atomic E-state index is 11.0. The van der Waals surface area contributed by atoms with Crippen molar-refractivity contribution >= 4 is 11.5 Å². The lowest BCUT2D eigenvalue weighted by atomic mass is 9.99. The molecule has 4 rings (SSSR count). The fraction of sp³-hybridized carbons (Fsp3) is 0.235. The topological polar surface area (TPSA) is 90.0 Å². The predicted octanol–water partition coefficient (Wildman–Crippen LogP) is 2.44. The van der Waals surface area contributed by atoms with Gasteiger partial charge in [-0.3, -0.25) is 10.1 Å². The fourth-order valence-corrected chi connectivity index (χ4v) is 3.00. The first kappa shape index (κ1) is 15.3. The van der Waals surface area contributed by atoms with Gasteiger partial charge in [-0.15, -0.1) is 10.2 Å². The zero-order chi connectivity index (χ0) is 17.4. The second-order valence-electron chi connectivity index (χ2n) is 6.03. The van der Waals surface area contributed by atoms with Crippen LogP contribution >= 0.6 is 0 Å². The summed E-state index contributed by atoms with van der Waals surface area (Å²) in [6.45, 7) is 3.31. The highest BCUT2D eigenvalue weighted by atomic mass is 16.6. The summed E-state index contributed by atoms with van der Waals surface area (Å²) in [4.78, 5) is 12.7. The molecule has 3 aromatic rings. The van der Waals surface area contributed by atoms with E-state index >= 15 is 0 Å². The Morgan fingerprint density at radius 2 is 1.88 bits per heavy atom. The van der Waals surface area contributed by atoms with Gasteiger partial charge in [0.1, 0.15) is 0 Å². The first-order chi connectivity index (χ1) is 12.1. The van der Waals surface area contributed by atoms with E-state index in [1.807, 2.05) is 37.4 Å². The number of benzene rings is 1. The van der Waals surface area contributed by atoms with Crippen molar-refractivity contribution in [1.29, 1.82) is 0 Å². The third-order valence-corrected chi connectivity index (χ3v) is 4.33. The molecule has 0 unspecified atom stereocenters. The van der Waals surface area contributed by atoms with Crippen molar-refractivity contribution in [3.8, 4) is 5.82 Å². The van der Waals surface area contributed by atoms with Crippen LogP contribution in [0.15, 0.2) is 42.6 Å². The van der Waals surface area contributed by atoms with Crippen molar-refractivity contribution in [3.63, 3.8) is 0 Å². The number of rotatable bonds is 3. The summed E-state index contributed by atoms with van der Waals surface area (Å²) in [6.07, 6.45) is 2.67. The van der Waals surface area contributed by atoms with Crippen LogP contribution in [-0.2, 0) is 13.0 Å². The third-order valence-electron chi connectivity index (χ3n) is 4.33. The number of aromatic nitrogens is 4. The van der Waals surface area contributed by atoms with Crippen molar-refractivity contribution in [2.75, 3.05) is 11.4 Å². The van der Waals surface area contributed by atoms with Gasteiger partial charge in [0.15, 0.2) is 11.6 Å². The summed E-state index contributed by atoms with van der Waals surface area (Å²) >= 11 is 0. The first-order valence-electron chi connectivity index (χ1n) is 7.98. The van der Waals surface area contributed by atoms with Crippen LogP contribution < -0.4 is 4.90 Å². The van der Waals surface area contributed by atoms with Gasteiger partial charge in [-0.25, -0.2) is 4.68 Å². The Balaban J connectivity index is 1.57. The number of aryl methyl sites for hydroxylation is 1. The molecular weight excluding hydrogens is 320 g/mol. The largest absolute Gasteiger partial charge is 0.350 e. The molecule has 0 saturated carbocycles. The van der Waals surface area contributed by atoms with Crippen molar-refractivity contribution in [2.24, 2.45) is 0 Å². The maximum absolute atomic E-state index is 11.0. The maximum Gasteiger partial charge on any atom is 0.269 e. The molecule has 0 aliphatic carbocycles. The smallest absolute Gasteiger partial charge is 0.269 e. The molecule has 8 heteroatoms. The molecule has 0 atom stereocenters. The fourth-order valence-electron chi connectivity index (χ4n) is 3.00. The number of hydrogen-bond acceptors (Lipinski definition) is 6. The minimum Gasteiger partial charge on any atom is -0.350 e. The quantitative estimate of drug-likeness (QED) is 0.539. The molecule has 1 aliphatic rings. The molecule has 0 saturated heterocycles. The highest BCUT2D eigenvalue weighted by Gasteiger charge is 2.20. The van der Waals surface area contributed by atoms with Crippen molar-refractivity contribution in [2.45, 2.75) is 19.9 Å². The zero-order valence-electron chi connectivity index (χ0n) is 13.7. The Bertz CT molecular complexity index is 935. The number of non-ortho nitro benzene ring substituents is 1. The van der Waals surface area contributed by atoms with E-state index < -0.39 is 0 Å². The predicted molar refractivity (Wildman–Crippen MR) is 91.7 cm³/mol. The minimum atomic E-state index is -0.361. The van der Waals surface area contributed by atoms with Crippen molar-refractivity contribution in [1.82, 2.24) is 20.0 Å². The molecule has 0 fully saturated rings. The van der Waals surface area contributed by atoms with Crippen molar-refractivity contribution < 1.29 is 4.92 Å². The summed E-state index contributed by atoms with van der Waals surface area (Å²) < 4.78 is 1.68. The van der Waals surface area contributed by atoms with Crippen LogP contribution in [0.5, 0.6) is 0 Å². The molecule has 1 aromatic carbocycles. The molecule has 126 valence electrons. The lowest BCUT2D eigenvalue weighted by Gasteiger charge is -2.29. The van der Waals surface area contributed by atoms with Gasteiger partial charge in [0.2, 0.25) is 0 Å². The van der Waals surface area contributed by atoms with Crippen LogP contribution in [-0.4, -0.2) is 31.4 Å². The lowest BCUT2D eigenvalue weighted by Crippen LogP contribution is -2.31. The summed E-state index contributed by atoms with van der Waals surface area (Å²) in [5.41, 5.74) is 3.16. The van der Waals surface area contributed by atoms with Gasteiger partial charge in [0.25, 0.3) is 5.69 Å². The van der Waals surface area contributed by atoms with Gasteiger partial charge >= 0.3 is 0 Å². The second-order valence-corrected chi connectivity index (χ2v) is 6.03. The summed E-state index contributed by atoms with van der Waals surface area (Å²) in [6, 6.07) is 10.7. The van der Waals surface area contributed by atoms with Crippen LogP contribution in [0.2, 0.25) is 0 Å². The first-order valence-corrected chi connectivity index (χ1v) is 7.98. The van der Waals surface area contributed by atoms with E-state index in [2.05, 4.69) is 20.2 Å². The van der Waals surface area contributed by atoms with E-state index in [4.69, 9.17) is 0 Å². The monoisotopic (exact) mass is 336 g/mol. The number of nitro benzene ring substituents is 1. The van der Waals surface area contributed by atoms with Gasteiger partial charge < -0.3 is 4.90 Å². The molecule has 8 nitrogen and oxygen atoms in total. The molecule has 0 amide bonds.